The van der Waals surface area contributed by atoms with Crippen molar-refractivity contribution < 1.29 is 5.11 Å². The highest BCUT2D eigenvalue weighted by atomic mass is 16.3. The molecule has 0 unspecified atom stereocenters. The van der Waals surface area contributed by atoms with E-state index in [1.54, 1.807) is 6.07 Å². The highest BCUT2D eigenvalue weighted by Gasteiger charge is 2.23. The fraction of sp³-hybridized carbons (Fsp3) is 0.400. The molecule has 0 atom stereocenters. The molecule has 1 saturated heterocycles. The highest BCUT2D eigenvalue weighted by molar-refractivity contribution is 5.72. The summed E-state index contributed by atoms with van der Waals surface area (Å²) in [5.74, 6) is 0.842. The normalized spacial score (nSPS) is 16.7. The number of rotatable bonds is 2. The number of phenols is 1. The highest BCUT2D eigenvalue weighted by Crippen LogP contribution is 2.37. The molecule has 0 radical (unpaired) electrons. The number of phenolic OH excluding ortho intramolecular Hbond substituents is 1. The molecule has 4 heteroatoms. The van der Waals surface area contributed by atoms with Crippen molar-refractivity contribution in [2.45, 2.75) is 18.8 Å². The van der Waals surface area contributed by atoms with Gasteiger partial charge in [-0.15, -0.1) is 0 Å². The Labute approximate surface area is 113 Å². The van der Waals surface area contributed by atoms with Crippen LogP contribution in [0.3, 0.4) is 0 Å². The monoisotopic (exact) mass is 257 g/mol. The lowest BCUT2D eigenvalue weighted by molar-refractivity contribution is 0.440. The fourth-order valence-corrected chi connectivity index (χ4v) is 2.94. The first-order valence-electron chi connectivity index (χ1n) is 6.78. The van der Waals surface area contributed by atoms with Gasteiger partial charge in [0.05, 0.1) is 6.20 Å². The summed E-state index contributed by atoms with van der Waals surface area (Å²) in [7, 11) is 1.99. The maximum atomic E-state index is 10.0. The summed E-state index contributed by atoms with van der Waals surface area (Å²) in [5, 5.41) is 17.8. The number of nitrogens with zero attached hydrogens (tertiary/aromatic N) is 2. The van der Waals surface area contributed by atoms with Crippen molar-refractivity contribution in [2.24, 2.45) is 7.05 Å². The SMILES string of the molecule is Cn1ncc(-c2ccccc2O)c1C1CCNCC1. The Balaban J connectivity index is 2.05. The molecule has 19 heavy (non-hydrogen) atoms. The predicted octanol–water partition coefficient (Wildman–Crippen LogP) is 2.26. The van der Waals surface area contributed by atoms with E-state index in [1.165, 1.54) is 5.69 Å². The van der Waals surface area contributed by atoms with Crippen molar-refractivity contribution in [2.75, 3.05) is 13.1 Å². The Kier molecular flexibility index (Phi) is 3.25. The minimum Gasteiger partial charge on any atom is -0.507 e. The van der Waals surface area contributed by atoms with E-state index in [0.29, 0.717) is 11.7 Å². The Morgan fingerprint density at radius 3 is 2.68 bits per heavy atom. The third-order valence-corrected chi connectivity index (χ3v) is 3.90. The number of aryl methyl sites for hydroxylation is 1. The Morgan fingerprint density at radius 2 is 1.95 bits per heavy atom. The van der Waals surface area contributed by atoms with Gasteiger partial charge in [0.25, 0.3) is 0 Å². The van der Waals surface area contributed by atoms with Crippen molar-refractivity contribution in [1.29, 1.82) is 0 Å². The molecule has 0 amide bonds. The molecule has 1 aromatic carbocycles. The number of nitrogens with one attached hydrogen (secondary N) is 1. The van der Waals surface area contributed by atoms with E-state index in [-0.39, 0.29) is 0 Å². The van der Waals surface area contributed by atoms with E-state index in [2.05, 4.69) is 10.4 Å². The van der Waals surface area contributed by atoms with Crippen LogP contribution in [0.15, 0.2) is 30.5 Å². The topological polar surface area (TPSA) is 50.1 Å². The maximum absolute atomic E-state index is 10.0. The van der Waals surface area contributed by atoms with Gasteiger partial charge in [-0.2, -0.15) is 5.10 Å². The van der Waals surface area contributed by atoms with Crippen molar-refractivity contribution in [3.63, 3.8) is 0 Å². The second kappa shape index (κ2) is 5.05. The number of hydrogen-bond donors (Lipinski definition) is 2. The van der Waals surface area contributed by atoms with Crippen molar-refractivity contribution in [3.8, 4) is 16.9 Å². The summed E-state index contributed by atoms with van der Waals surface area (Å²) in [5.41, 5.74) is 3.18. The first-order chi connectivity index (χ1) is 9.27. The molecular formula is C15H19N3O. The van der Waals surface area contributed by atoms with Gasteiger partial charge < -0.3 is 10.4 Å². The molecule has 3 rings (SSSR count). The van der Waals surface area contributed by atoms with E-state index in [4.69, 9.17) is 0 Å². The number of para-hydroxylation sites is 1. The van der Waals surface area contributed by atoms with Crippen LogP contribution in [-0.4, -0.2) is 28.0 Å². The summed E-state index contributed by atoms with van der Waals surface area (Å²) in [6.07, 6.45) is 4.12. The molecule has 100 valence electrons. The molecule has 4 nitrogen and oxygen atoms in total. The number of aromatic hydroxyl groups is 1. The van der Waals surface area contributed by atoms with Gasteiger partial charge in [-0.1, -0.05) is 18.2 Å². The van der Waals surface area contributed by atoms with Gasteiger partial charge in [-0.3, -0.25) is 4.68 Å². The average Bonchev–Trinajstić information content (AvgIpc) is 2.82. The Hall–Kier alpha value is -1.81. The predicted molar refractivity (Wildman–Crippen MR) is 75.2 cm³/mol. The lowest BCUT2D eigenvalue weighted by Crippen LogP contribution is -2.27. The van der Waals surface area contributed by atoms with Crippen LogP contribution in [0, 0.1) is 0 Å². The van der Waals surface area contributed by atoms with Crippen LogP contribution in [0.1, 0.15) is 24.5 Å². The van der Waals surface area contributed by atoms with E-state index in [9.17, 15) is 5.11 Å². The molecule has 1 aromatic heterocycles. The number of hydrogen-bond acceptors (Lipinski definition) is 3. The second-order valence-corrected chi connectivity index (χ2v) is 5.11. The van der Waals surface area contributed by atoms with Gasteiger partial charge >= 0.3 is 0 Å². The van der Waals surface area contributed by atoms with Gasteiger partial charge in [0.15, 0.2) is 0 Å². The van der Waals surface area contributed by atoms with Crippen LogP contribution in [0.2, 0.25) is 0 Å². The van der Waals surface area contributed by atoms with Crippen LogP contribution in [-0.2, 0) is 7.05 Å². The molecular weight excluding hydrogens is 238 g/mol. The van der Waals surface area contributed by atoms with Crippen LogP contribution >= 0.6 is 0 Å². The molecule has 0 saturated carbocycles. The van der Waals surface area contributed by atoms with E-state index >= 15 is 0 Å². The summed E-state index contributed by atoms with van der Waals surface area (Å²) in [6.45, 7) is 2.10. The van der Waals surface area contributed by atoms with E-state index in [1.807, 2.05) is 36.1 Å². The first kappa shape index (κ1) is 12.2. The smallest absolute Gasteiger partial charge is 0.123 e. The molecule has 1 aliphatic heterocycles. The fourth-order valence-electron chi connectivity index (χ4n) is 2.94. The molecule has 1 fully saturated rings. The van der Waals surface area contributed by atoms with Crippen LogP contribution < -0.4 is 5.32 Å². The quantitative estimate of drug-likeness (QED) is 0.867. The van der Waals surface area contributed by atoms with Crippen LogP contribution in [0.5, 0.6) is 5.75 Å². The molecule has 0 bridgehead atoms. The zero-order valence-corrected chi connectivity index (χ0v) is 11.1. The average molecular weight is 257 g/mol. The first-order valence-corrected chi connectivity index (χ1v) is 6.78. The standard InChI is InChI=1S/C15H19N3O/c1-18-15(11-6-8-16-9-7-11)13(10-17-18)12-4-2-3-5-14(12)19/h2-5,10-11,16,19H,6-9H2,1H3. The van der Waals surface area contributed by atoms with Gasteiger partial charge in [-0.05, 0) is 32.0 Å². The van der Waals surface area contributed by atoms with E-state index < -0.39 is 0 Å². The van der Waals surface area contributed by atoms with Gasteiger partial charge in [0.2, 0.25) is 0 Å². The summed E-state index contributed by atoms with van der Waals surface area (Å²) < 4.78 is 1.96. The zero-order chi connectivity index (χ0) is 13.2. The van der Waals surface area contributed by atoms with Crippen molar-refractivity contribution >= 4 is 0 Å². The summed E-state index contributed by atoms with van der Waals surface area (Å²) in [4.78, 5) is 0. The minimum absolute atomic E-state index is 0.325. The number of benzene rings is 1. The minimum atomic E-state index is 0.325. The molecule has 2 aromatic rings. The Morgan fingerprint density at radius 1 is 1.21 bits per heavy atom. The maximum Gasteiger partial charge on any atom is 0.123 e. The summed E-state index contributed by atoms with van der Waals surface area (Å²) >= 11 is 0. The van der Waals surface area contributed by atoms with Crippen molar-refractivity contribution in [3.05, 3.63) is 36.2 Å². The van der Waals surface area contributed by atoms with Crippen LogP contribution in [0.4, 0.5) is 0 Å². The second-order valence-electron chi connectivity index (χ2n) is 5.11. The van der Waals surface area contributed by atoms with E-state index in [0.717, 1.165) is 37.1 Å². The third-order valence-electron chi connectivity index (χ3n) is 3.90. The lowest BCUT2D eigenvalue weighted by atomic mass is 9.90. The molecule has 0 aliphatic carbocycles. The van der Waals surface area contributed by atoms with Crippen molar-refractivity contribution in [1.82, 2.24) is 15.1 Å². The molecule has 1 aliphatic rings. The number of aromatic nitrogens is 2. The van der Waals surface area contributed by atoms with Gasteiger partial charge in [-0.25, -0.2) is 0 Å². The number of piperidine rings is 1. The lowest BCUT2D eigenvalue weighted by Gasteiger charge is -2.24. The van der Waals surface area contributed by atoms with Crippen LogP contribution in [0.25, 0.3) is 11.1 Å². The molecule has 0 spiro atoms. The van der Waals surface area contributed by atoms with Gasteiger partial charge in [0.1, 0.15) is 5.75 Å². The molecule has 2 heterocycles. The zero-order valence-electron chi connectivity index (χ0n) is 11.1. The summed E-state index contributed by atoms with van der Waals surface area (Å²) in [6, 6.07) is 7.49. The molecule has 2 N–H and O–H groups in total. The Bertz CT molecular complexity index is 571. The largest absolute Gasteiger partial charge is 0.507 e. The third kappa shape index (κ3) is 2.24. The van der Waals surface area contributed by atoms with Gasteiger partial charge in [0, 0.05) is 29.8 Å².